The summed E-state index contributed by atoms with van der Waals surface area (Å²) in [5.74, 6) is 0.546. The lowest BCUT2D eigenvalue weighted by Crippen LogP contribution is -2.44. The molecule has 2 heterocycles. The maximum atomic E-state index is 13.2. The molecule has 0 radical (unpaired) electrons. The Bertz CT molecular complexity index is 1210. The second kappa shape index (κ2) is 10.9. The number of piperidine rings is 1. The second-order valence-electron chi connectivity index (χ2n) is 9.12. The minimum absolute atomic E-state index is 0.0727. The summed E-state index contributed by atoms with van der Waals surface area (Å²) in [6.45, 7) is 6.11. The van der Waals surface area contributed by atoms with Crippen LogP contribution in [0.3, 0.4) is 0 Å². The van der Waals surface area contributed by atoms with Gasteiger partial charge in [-0.05, 0) is 54.7 Å². The van der Waals surface area contributed by atoms with E-state index in [-0.39, 0.29) is 24.1 Å². The Morgan fingerprint density at radius 2 is 1.74 bits per heavy atom. The fourth-order valence-corrected chi connectivity index (χ4v) is 5.37. The van der Waals surface area contributed by atoms with Crippen molar-refractivity contribution in [3.8, 4) is 0 Å². The number of para-hydroxylation sites is 2. The summed E-state index contributed by atoms with van der Waals surface area (Å²) in [6, 6.07) is 14.2. The van der Waals surface area contributed by atoms with Crippen molar-refractivity contribution in [2.45, 2.75) is 32.0 Å². The molecule has 0 saturated carbocycles. The van der Waals surface area contributed by atoms with Gasteiger partial charge in [0.05, 0.1) is 29.5 Å². The molecule has 0 bridgehead atoms. The van der Waals surface area contributed by atoms with Crippen molar-refractivity contribution in [3.63, 3.8) is 0 Å². The number of hydrogen-bond donors (Lipinski definition) is 1. The topological polar surface area (TPSA) is 93.5 Å². The number of thioether (sulfide) groups is 1. The summed E-state index contributed by atoms with van der Waals surface area (Å²) in [7, 11) is 1.32. The molecule has 1 aromatic heterocycles. The van der Waals surface area contributed by atoms with Gasteiger partial charge < -0.3 is 19.5 Å². The fraction of sp³-hybridized carbons (Fsp3) is 0.385. The number of hydrogen-bond acceptors (Lipinski definition) is 6. The normalized spacial score (nSPS) is 17.9. The van der Waals surface area contributed by atoms with Crippen molar-refractivity contribution >= 4 is 46.3 Å². The number of likely N-dealkylation sites (tertiary alicyclic amines) is 1. The van der Waals surface area contributed by atoms with Crippen LogP contribution in [-0.2, 0) is 20.9 Å². The van der Waals surface area contributed by atoms with Crippen LogP contribution in [-0.4, -0.2) is 58.2 Å². The van der Waals surface area contributed by atoms with Gasteiger partial charge in [0, 0.05) is 18.8 Å². The molecule has 2 amide bonds. The van der Waals surface area contributed by atoms with E-state index in [1.807, 2.05) is 33.7 Å². The molecule has 0 unspecified atom stereocenters. The number of esters is 1. The van der Waals surface area contributed by atoms with Gasteiger partial charge >= 0.3 is 5.97 Å². The second-order valence-corrected chi connectivity index (χ2v) is 10.1. The number of methoxy groups -OCH3 is 1. The first-order valence-electron chi connectivity index (χ1n) is 11.7. The Hall–Kier alpha value is -3.33. The Balaban J connectivity index is 1.44. The number of ether oxygens (including phenoxy) is 1. The van der Waals surface area contributed by atoms with Gasteiger partial charge in [0.2, 0.25) is 11.8 Å². The van der Waals surface area contributed by atoms with Crippen molar-refractivity contribution < 1.29 is 19.1 Å². The number of carbonyl (C=O) groups excluding carboxylic acids is 3. The first-order valence-corrected chi connectivity index (χ1v) is 12.7. The Morgan fingerprint density at radius 3 is 2.43 bits per heavy atom. The molecule has 1 fully saturated rings. The molecule has 8 nitrogen and oxygen atoms in total. The third-order valence-electron chi connectivity index (χ3n) is 6.06. The summed E-state index contributed by atoms with van der Waals surface area (Å²) in [6.07, 6.45) is 1.14. The van der Waals surface area contributed by atoms with E-state index in [1.54, 1.807) is 24.3 Å². The highest BCUT2D eigenvalue weighted by atomic mass is 32.2. The van der Waals surface area contributed by atoms with Gasteiger partial charge in [0.1, 0.15) is 6.54 Å². The van der Waals surface area contributed by atoms with Gasteiger partial charge in [-0.25, -0.2) is 9.78 Å². The summed E-state index contributed by atoms with van der Waals surface area (Å²) >= 11 is 1.30. The van der Waals surface area contributed by atoms with E-state index < -0.39 is 5.97 Å². The standard InChI is InChI=1S/C26H30N4O4S/c1-17-12-18(2)14-29(13-17)24(32)15-30-22-7-5-4-6-21(22)28-26(30)35-16-23(31)27-20-10-8-19(9-11-20)25(33)34-3/h4-11,17-18H,12-16H2,1-3H3,(H,27,31)/t17-,18+. The van der Waals surface area contributed by atoms with E-state index in [2.05, 4.69) is 24.1 Å². The number of nitrogens with zero attached hydrogens (tertiary/aromatic N) is 3. The summed E-state index contributed by atoms with van der Waals surface area (Å²) < 4.78 is 6.60. The summed E-state index contributed by atoms with van der Waals surface area (Å²) in [5.41, 5.74) is 2.67. The molecule has 1 N–H and O–H groups in total. The predicted octanol–water partition coefficient (Wildman–Crippen LogP) is 4.06. The molecule has 2 atom stereocenters. The van der Waals surface area contributed by atoms with Crippen molar-refractivity contribution in [1.29, 1.82) is 0 Å². The highest BCUT2D eigenvalue weighted by molar-refractivity contribution is 7.99. The highest BCUT2D eigenvalue weighted by Crippen LogP contribution is 2.26. The van der Waals surface area contributed by atoms with E-state index in [0.29, 0.717) is 28.2 Å². The van der Waals surface area contributed by atoms with Crippen molar-refractivity contribution in [3.05, 3.63) is 54.1 Å². The number of rotatable bonds is 7. The van der Waals surface area contributed by atoms with E-state index in [9.17, 15) is 14.4 Å². The predicted molar refractivity (Wildman–Crippen MR) is 136 cm³/mol. The fourth-order valence-electron chi connectivity index (χ4n) is 4.55. The quantitative estimate of drug-likeness (QED) is 0.393. The molecule has 1 aliphatic heterocycles. The van der Waals surface area contributed by atoms with Gasteiger partial charge in [-0.15, -0.1) is 0 Å². The van der Waals surface area contributed by atoms with E-state index in [4.69, 9.17) is 4.74 Å². The van der Waals surface area contributed by atoms with Gasteiger partial charge in [-0.2, -0.15) is 0 Å². The number of amides is 2. The van der Waals surface area contributed by atoms with E-state index >= 15 is 0 Å². The van der Waals surface area contributed by atoms with Crippen molar-refractivity contribution in [2.24, 2.45) is 11.8 Å². The molecule has 184 valence electrons. The Kier molecular flexibility index (Phi) is 7.75. The zero-order chi connectivity index (χ0) is 24.9. The van der Waals surface area contributed by atoms with Gasteiger partial charge in [-0.3, -0.25) is 9.59 Å². The molecule has 2 aromatic carbocycles. The minimum atomic E-state index is -0.430. The maximum Gasteiger partial charge on any atom is 0.337 e. The van der Waals surface area contributed by atoms with Crippen LogP contribution in [0, 0.1) is 11.8 Å². The average Bonchev–Trinajstić information content (AvgIpc) is 3.19. The van der Waals surface area contributed by atoms with Crippen LogP contribution in [0.2, 0.25) is 0 Å². The van der Waals surface area contributed by atoms with Gasteiger partial charge in [-0.1, -0.05) is 37.7 Å². The van der Waals surface area contributed by atoms with Gasteiger partial charge in [0.15, 0.2) is 5.16 Å². The average molecular weight is 495 g/mol. The highest BCUT2D eigenvalue weighted by Gasteiger charge is 2.26. The number of carbonyl (C=O) groups is 3. The van der Waals surface area contributed by atoms with Crippen LogP contribution in [0.5, 0.6) is 0 Å². The zero-order valence-corrected chi connectivity index (χ0v) is 21.0. The lowest BCUT2D eigenvalue weighted by molar-refractivity contribution is -0.134. The molecule has 4 rings (SSSR count). The van der Waals surface area contributed by atoms with Gasteiger partial charge in [0.25, 0.3) is 0 Å². The smallest absolute Gasteiger partial charge is 0.337 e. The van der Waals surface area contributed by atoms with Crippen LogP contribution in [0.4, 0.5) is 5.69 Å². The lowest BCUT2D eigenvalue weighted by atomic mass is 9.92. The molecular formula is C26H30N4O4S. The number of nitrogens with one attached hydrogen (secondary N) is 1. The molecule has 1 saturated heterocycles. The van der Waals surface area contributed by atoms with Crippen LogP contribution in [0.15, 0.2) is 53.7 Å². The van der Waals surface area contributed by atoms with E-state index in [0.717, 1.165) is 30.5 Å². The zero-order valence-electron chi connectivity index (χ0n) is 20.2. The lowest BCUT2D eigenvalue weighted by Gasteiger charge is -2.35. The minimum Gasteiger partial charge on any atom is -0.465 e. The monoisotopic (exact) mass is 494 g/mol. The number of anilines is 1. The van der Waals surface area contributed by atoms with E-state index in [1.165, 1.54) is 18.9 Å². The summed E-state index contributed by atoms with van der Waals surface area (Å²) in [4.78, 5) is 44.0. The molecule has 9 heteroatoms. The molecule has 0 spiro atoms. The molecule has 3 aromatic rings. The SMILES string of the molecule is COC(=O)c1ccc(NC(=O)CSc2nc3ccccc3n2CC(=O)N2C[C@H](C)C[C@H](C)C2)cc1. The largest absolute Gasteiger partial charge is 0.465 e. The first-order chi connectivity index (χ1) is 16.8. The first kappa shape index (κ1) is 24.8. The number of fused-ring (bicyclic) bond motifs is 1. The molecule has 0 aliphatic carbocycles. The van der Waals surface area contributed by atoms with Crippen molar-refractivity contribution in [2.75, 3.05) is 31.3 Å². The third-order valence-corrected chi connectivity index (χ3v) is 7.03. The third kappa shape index (κ3) is 6.03. The van der Waals surface area contributed by atoms with Crippen LogP contribution in [0.25, 0.3) is 11.0 Å². The number of benzene rings is 2. The molecule has 1 aliphatic rings. The Labute approximate surface area is 209 Å². The number of aromatic nitrogens is 2. The van der Waals surface area contributed by atoms with Crippen LogP contribution in [0.1, 0.15) is 30.6 Å². The molecular weight excluding hydrogens is 464 g/mol. The Morgan fingerprint density at radius 1 is 1.06 bits per heavy atom. The van der Waals surface area contributed by atoms with Crippen LogP contribution >= 0.6 is 11.8 Å². The van der Waals surface area contributed by atoms with Crippen molar-refractivity contribution in [1.82, 2.24) is 14.5 Å². The maximum absolute atomic E-state index is 13.2. The number of imidazole rings is 1. The summed E-state index contributed by atoms with van der Waals surface area (Å²) in [5, 5.41) is 3.46. The molecule has 35 heavy (non-hydrogen) atoms. The van der Waals surface area contributed by atoms with Crippen LogP contribution < -0.4 is 5.32 Å².